The van der Waals surface area contributed by atoms with Crippen LogP contribution in [0.2, 0.25) is 5.02 Å². The third kappa shape index (κ3) is 3.54. The van der Waals surface area contributed by atoms with E-state index in [1.165, 1.54) is 0 Å². The van der Waals surface area contributed by atoms with Crippen LogP contribution >= 0.6 is 11.6 Å². The molecule has 0 aromatic heterocycles. The highest BCUT2D eigenvalue weighted by atomic mass is 35.5. The number of benzene rings is 1. The van der Waals surface area contributed by atoms with Crippen molar-refractivity contribution in [2.75, 3.05) is 19.8 Å². The highest BCUT2D eigenvalue weighted by Gasteiger charge is 2.16. The van der Waals surface area contributed by atoms with Crippen molar-refractivity contribution in [3.05, 3.63) is 35.4 Å². The molecular formula is C13H16ClN3O2. The van der Waals surface area contributed by atoms with E-state index in [2.05, 4.69) is 16.9 Å². The van der Waals surface area contributed by atoms with Gasteiger partial charge >= 0.3 is 0 Å². The maximum Gasteiger partial charge on any atom is 0.189 e. The summed E-state index contributed by atoms with van der Waals surface area (Å²) in [4.78, 5) is 4.20. The molecule has 0 saturated carbocycles. The monoisotopic (exact) mass is 281 g/mol. The summed E-state index contributed by atoms with van der Waals surface area (Å²) in [7, 11) is 0. The Morgan fingerprint density at radius 3 is 3.05 bits per heavy atom. The highest BCUT2D eigenvalue weighted by molar-refractivity contribution is 6.32. The van der Waals surface area contributed by atoms with Gasteiger partial charge < -0.3 is 20.5 Å². The van der Waals surface area contributed by atoms with Gasteiger partial charge in [0.25, 0.3) is 0 Å². The zero-order valence-corrected chi connectivity index (χ0v) is 11.2. The van der Waals surface area contributed by atoms with Crippen LogP contribution in [0.25, 0.3) is 0 Å². The van der Waals surface area contributed by atoms with Crippen molar-refractivity contribution >= 4 is 17.6 Å². The molecule has 1 aliphatic rings. The van der Waals surface area contributed by atoms with Crippen LogP contribution in [0.4, 0.5) is 0 Å². The molecule has 102 valence electrons. The number of ether oxygens (including phenoxy) is 2. The molecule has 5 nitrogen and oxygen atoms in total. The lowest BCUT2D eigenvalue weighted by molar-refractivity contribution is 0.171. The topological polar surface area (TPSA) is 68.9 Å². The van der Waals surface area contributed by atoms with Gasteiger partial charge in [-0.15, -0.1) is 6.58 Å². The summed E-state index contributed by atoms with van der Waals surface area (Å²) in [5, 5.41) is 3.43. The molecule has 2 rings (SSSR count). The Hall–Kier alpha value is -1.88. The zero-order valence-electron chi connectivity index (χ0n) is 10.5. The summed E-state index contributed by atoms with van der Waals surface area (Å²) in [6.07, 6.45) is 1.71. The molecule has 0 amide bonds. The van der Waals surface area contributed by atoms with E-state index < -0.39 is 0 Å². The zero-order chi connectivity index (χ0) is 13.7. The fourth-order valence-corrected chi connectivity index (χ4v) is 1.95. The van der Waals surface area contributed by atoms with Gasteiger partial charge in [-0.25, -0.2) is 4.99 Å². The van der Waals surface area contributed by atoms with Gasteiger partial charge in [0.15, 0.2) is 17.5 Å². The molecule has 1 aromatic carbocycles. The number of aliphatic imine (C=N–C) groups is 1. The van der Waals surface area contributed by atoms with Crippen LogP contribution in [0.15, 0.2) is 29.8 Å². The molecule has 3 N–H and O–H groups in total. The van der Waals surface area contributed by atoms with Gasteiger partial charge in [0, 0.05) is 6.54 Å². The number of hydrogen-bond donors (Lipinski definition) is 2. The van der Waals surface area contributed by atoms with Crippen molar-refractivity contribution in [3.63, 3.8) is 0 Å². The van der Waals surface area contributed by atoms with Gasteiger partial charge in [0.1, 0.15) is 13.2 Å². The van der Waals surface area contributed by atoms with Crippen LogP contribution in [0.5, 0.6) is 11.5 Å². The Morgan fingerprint density at radius 1 is 1.47 bits per heavy atom. The first kappa shape index (κ1) is 13.5. The van der Waals surface area contributed by atoms with E-state index in [1.807, 2.05) is 6.07 Å². The molecule has 0 bridgehead atoms. The van der Waals surface area contributed by atoms with E-state index in [1.54, 1.807) is 12.1 Å². The molecule has 0 aliphatic carbocycles. The van der Waals surface area contributed by atoms with Crippen molar-refractivity contribution in [1.82, 2.24) is 5.32 Å². The van der Waals surface area contributed by atoms with E-state index in [-0.39, 0.29) is 0 Å². The number of fused-ring (bicyclic) bond motifs is 1. The van der Waals surface area contributed by atoms with Crippen LogP contribution in [-0.2, 0) is 6.54 Å². The van der Waals surface area contributed by atoms with Gasteiger partial charge in [-0.2, -0.15) is 0 Å². The van der Waals surface area contributed by atoms with E-state index >= 15 is 0 Å². The molecule has 19 heavy (non-hydrogen) atoms. The Bertz CT molecular complexity index is 503. The average Bonchev–Trinajstić information content (AvgIpc) is 2.43. The second kappa shape index (κ2) is 6.33. The van der Waals surface area contributed by atoms with E-state index in [9.17, 15) is 0 Å². The summed E-state index contributed by atoms with van der Waals surface area (Å²) in [6, 6.07) is 3.67. The summed E-state index contributed by atoms with van der Waals surface area (Å²) in [6.45, 7) is 5.64. The number of nitrogens with zero attached hydrogens (tertiary/aromatic N) is 1. The first-order valence-corrected chi connectivity index (χ1v) is 6.31. The summed E-state index contributed by atoms with van der Waals surface area (Å²) >= 11 is 6.13. The van der Waals surface area contributed by atoms with Crippen LogP contribution in [0, 0.1) is 0 Å². The van der Waals surface area contributed by atoms with Gasteiger partial charge in [-0.05, 0) is 17.7 Å². The minimum atomic E-state index is 0.367. The SMILES string of the molecule is C=CCNC(N)=NCc1cc(Cl)c2c(c1)OCCO2. The molecule has 0 atom stereocenters. The van der Waals surface area contributed by atoms with E-state index in [0.717, 1.165) is 5.56 Å². The fourth-order valence-electron chi connectivity index (χ4n) is 1.66. The van der Waals surface area contributed by atoms with Crippen LogP contribution in [0.3, 0.4) is 0 Å². The Morgan fingerprint density at radius 2 is 2.26 bits per heavy atom. The number of rotatable bonds is 4. The Balaban J connectivity index is 2.09. The van der Waals surface area contributed by atoms with Crippen LogP contribution < -0.4 is 20.5 Å². The van der Waals surface area contributed by atoms with Crippen LogP contribution in [0.1, 0.15) is 5.56 Å². The standard InChI is InChI=1S/C13H16ClN3O2/c1-2-3-16-13(15)17-8-9-6-10(14)12-11(7-9)18-4-5-19-12/h2,6-7H,1,3-5,8H2,(H3,15,16,17). The van der Waals surface area contributed by atoms with Gasteiger partial charge in [0.2, 0.25) is 0 Å². The van der Waals surface area contributed by atoms with E-state index in [4.69, 9.17) is 26.8 Å². The Labute approximate surface area is 117 Å². The minimum Gasteiger partial charge on any atom is -0.486 e. The molecule has 0 saturated heterocycles. The molecule has 1 aliphatic heterocycles. The molecule has 0 unspecified atom stereocenters. The van der Waals surface area contributed by atoms with Gasteiger partial charge in [-0.3, -0.25) is 0 Å². The third-order valence-corrected chi connectivity index (χ3v) is 2.80. The molecule has 0 spiro atoms. The van der Waals surface area contributed by atoms with Crippen molar-refractivity contribution in [2.45, 2.75) is 6.54 Å². The molecule has 1 aromatic rings. The van der Waals surface area contributed by atoms with Crippen molar-refractivity contribution in [2.24, 2.45) is 10.7 Å². The maximum atomic E-state index is 6.13. The number of nitrogens with two attached hydrogens (primary N) is 1. The second-order valence-electron chi connectivity index (χ2n) is 3.97. The van der Waals surface area contributed by atoms with E-state index in [0.29, 0.717) is 48.8 Å². The number of hydrogen-bond acceptors (Lipinski definition) is 3. The molecule has 1 heterocycles. The lowest BCUT2D eigenvalue weighted by Crippen LogP contribution is -2.31. The first-order chi connectivity index (χ1) is 9.20. The number of nitrogens with one attached hydrogen (secondary N) is 1. The van der Waals surface area contributed by atoms with Crippen molar-refractivity contribution in [1.29, 1.82) is 0 Å². The lowest BCUT2D eigenvalue weighted by atomic mass is 10.2. The molecule has 6 heteroatoms. The first-order valence-electron chi connectivity index (χ1n) is 5.93. The largest absolute Gasteiger partial charge is 0.486 e. The normalized spacial score (nSPS) is 14.1. The second-order valence-corrected chi connectivity index (χ2v) is 4.38. The van der Waals surface area contributed by atoms with Gasteiger partial charge in [0.05, 0.1) is 11.6 Å². The predicted molar refractivity (Wildman–Crippen MR) is 76.0 cm³/mol. The molecular weight excluding hydrogens is 266 g/mol. The fraction of sp³-hybridized carbons (Fsp3) is 0.308. The lowest BCUT2D eigenvalue weighted by Gasteiger charge is -2.20. The summed E-state index contributed by atoms with van der Waals surface area (Å²) in [5.41, 5.74) is 6.60. The number of guanidine groups is 1. The smallest absolute Gasteiger partial charge is 0.189 e. The van der Waals surface area contributed by atoms with Crippen molar-refractivity contribution in [3.8, 4) is 11.5 Å². The minimum absolute atomic E-state index is 0.367. The summed E-state index contributed by atoms with van der Waals surface area (Å²) < 4.78 is 10.9. The Kier molecular flexibility index (Phi) is 4.52. The van der Waals surface area contributed by atoms with Crippen LogP contribution in [-0.4, -0.2) is 25.7 Å². The average molecular weight is 282 g/mol. The molecule has 0 fully saturated rings. The summed E-state index contributed by atoms with van der Waals surface area (Å²) in [5.74, 6) is 1.62. The third-order valence-electron chi connectivity index (χ3n) is 2.52. The maximum absolute atomic E-state index is 6.13. The molecule has 0 radical (unpaired) electrons. The van der Waals surface area contributed by atoms with Crippen molar-refractivity contribution < 1.29 is 9.47 Å². The quantitative estimate of drug-likeness (QED) is 0.501. The number of halogens is 1. The van der Waals surface area contributed by atoms with Gasteiger partial charge in [-0.1, -0.05) is 17.7 Å². The predicted octanol–water partition coefficient (Wildman–Crippen LogP) is 1.70. The highest BCUT2D eigenvalue weighted by Crippen LogP contribution is 2.38.